The standard InChI is InChI=1S/C15H26N4/c1-14(2)11-5-7-15(3,9-11)13(14)16-8-6-12-17-10-19(4)18-12/h10-11,13,16H,5-9H2,1-4H3. The largest absolute Gasteiger partial charge is 0.312 e. The van der Waals surface area contributed by atoms with E-state index in [1.165, 1.54) is 19.3 Å². The molecule has 0 spiro atoms. The summed E-state index contributed by atoms with van der Waals surface area (Å²) in [6.45, 7) is 8.34. The minimum atomic E-state index is 0.435. The molecule has 3 atom stereocenters. The number of fused-ring (bicyclic) bond motifs is 2. The molecule has 0 aromatic carbocycles. The molecule has 2 fully saturated rings. The SMILES string of the molecule is Cn1cnc(CCNC2C3(C)CCC(C3)C2(C)C)n1. The van der Waals surface area contributed by atoms with Crippen LogP contribution in [0.4, 0.5) is 0 Å². The second-order valence-electron chi connectivity index (χ2n) is 7.39. The van der Waals surface area contributed by atoms with Gasteiger partial charge in [0.15, 0.2) is 5.82 Å². The first-order valence-electron chi connectivity index (χ1n) is 7.50. The molecule has 4 heteroatoms. The van der Waals surface area contributed by atoms with Crippen LogP contribution in [0, 0.1) is 16.7 Å². The van der Waals surface area contributed by atoms with E-state index in [1.54, 1.807) is 11.0 Å². The van der Waals surface area contributed by atoms with Gasteiger partial charge in [-0.25, -0.2) is 4.98 Å². The van der Waals surface area contributed by atoms with Crippen LogP contribution < -0.4 is 5.32 Å². The fourth-order valence-electron chi connectivity index (χ4n) is 4.64. The van der Waals surface area contributed by atoms with E-state index >= 15 is 0 Å². The molecule has 2 saturated carbocycles. The van der Waals surface area contributed by atoms with Crippen LogP contribution in [-0.4, -0.2) is 27.4 Å². The van der Waals surface area contributed by atoms with E-state index in [0.29, 0.717) is 16.9 Å². The Labute approximate surface area is 116 Å². The first-order valence-corrected chi connectivity index (χ1v) is 7.50. The first-order chi connectivity index (χ1) is 8.92. The number of nitrogens with zero attached hydrogens (tertiary/aromatic N) is 3. The Morgan fingerprint density at radius 3 is 2.79 bits per heavy atom. The van der Waals surface area contributed by atoms with Gasteiger partial charge in [-0.3, -0.25) is 4.68 Å². The molecule has 0 aliphatic heterocycles. The smallest absolute Gasteiger partial charge is 0.151 e. The van der Waals surface area contributed by atoms with Crippen LogP contribution in [0.15, 0.2) is 6.33 Å². The summed E-state index contributed by atoms with van der Waals surface area (Å²) in [5.74, 6) is 1.85. The molecular formula is C15H26N4. The van der Waals surface area contributed by atoms with Gasteiger partial charge in [-0.1, -0.05) is 20.8 Å². The van der Waals surface area contributed by atoms with Crippen LogP contribution in [0.1, 0.15) is 45.9 Å². The lowest BCUT2D eigenvalue weighted by atomic mass is 9.68. The van der Waals surface area contributed by atoms with Crippen molar-refractivity contribution in [2.45, 2.75) is 52.5 Å². The van der Waals surface area contributed by atoms with Crippen molar-refractivity contribution in [3.8, 4) is 0 Å². The Bertz CT molecular complexity index is 460. The zero-order chi connectivity index (χ0) is 13.7. The summed E-state index contributed by atoms with van der Waals surface area (Å²) in [7, 11) is 1.92. The maximum absolute atomic E-state index is 4.34. The lowest BCUT2D eigenvalue weighted by molar-refractivity contribution is 0.110. The van der Waals surface area contributed by atoms with Crippen molar-refractivity contribution in [3.05, 3.63) is 12.2 Å². The molecule has 1 N–H and O–H groups in total. The highest BCUT2D eigenvalue weighted by atomic mass is 15.3. The number of hydrogen-bond acceptors (Lipinski definition) is 3. The number of nitrogens with one attached hydrogen (secondary N) is 1. The molecule has 0 amide bonds. The monoisotopic (exact) mass is 262 g/mol. The zero-order valence-electron chi connectivity index (χ0n) is 12.6. The Morgan fingerprint density at radius 1 is 1.42 bits per heavy atom. The number of aryl methyl sites for hydroxylation is 1. The number of aromatic nitrogens is 3. The van der Waals surface area contributed by atoms with Crippen molar-refractivity contribution in [3.63, 3.8) is 0 Å². The second-order valence-corrected chi connectivity index (χ2v) is 7.39. The third kappa shape index (κ3) is 2.10. The highest BCUT2D eigenvalue weighted by Gasteiger charge is 2.58. The lowest BCUT2D eigenvalue weighted by Crippen LogP contribution is -2.50. The zero-order valence-corrected chi connectivity index (χ0v) is 12.6. The number of hydrogen-bond donors (Lipinski definition) is 1. The summed E-state index contributed by atoms with van der Waals surface area (Å²) < 4.78 is 1.78. The molecule has 1 heterocycles. The van der Waals surface area contributed by atoms with Crippen LogP contribution in [0.3, 0.4) is 0 Å². The van der Waals surface area contributed by atoms with E-state index in [1.807, 2.05) is 7.05 Å². The minimum absolute atomic E-state index is 0.435. The summed E-state index contributed by atoms with van der Waals surface area (Å²) in [5, 5.41) is 8.15. The van der Waals surface area contributed by atoms with Crippen molar-refractivity contribution >= 4 is 0 Å². The Balaban J connectivity index is 1.60. The maximum atomic E-state index is 4.34. The van der Waals surface area contributed by atoms with Crippen LogP contribution in [-0.2, 0) is 13.5 Å². The van der Waals surface area contributed by atoms with E-state index in [4.69, 9.17) is 0 Å². The van der Waals surface area contributed by atoms with Gasteiger partial charge in [-0.05, 0) is 36.0 Å². The Kier molecular flexibility index (Phi) is 2.97. The topological polar surface area (TPSA) is 42.7 Å². The molecule has 3 unspecified atom stereocenters. The quantitative estimate of drug-likeness (QED) is 0.904. The number of rotatable bonds is 4. The predicted octanol–water partition coefficient (Wildman–Crippen LogP) is 2.16. The summed E-state index contributed by atoms with van der Waals surface area (Å²) in [4.78, 5) is 4.29. The molecule has 2 aliphatic carbocycles. The Morgan fingerprint density at radius 2 is 2.21 bits per heavy atom. The minimum Gasteiger partial charge on any atom is -0.312 e. The fraction of sp³-hybridized carbons (Fsp3) is 0.867. The molecule has 3 rings (SSSR count). The van der Waals surface area contributed by atoms with Crippen LogP contribution in [0.2, 0.25) is 0 Å². The molecule has 1 aromatic rings. The van der Waals surface area contributed by atoms with Gasteiger partial charge in [0, 0.05) is 26.1 Å². The summed E-state index contributed by atoms with van der Waals surface area (Å²) in [6.07, 6.45) is 6.91. The average Bonchev–Trinajstić information content (AvgIpc) is 2.95. The summed E-state index contributed by atoms with van der Waals surface area (Å²) in [5.41, 5.74) is 0.941. The lowest BCUT2D eigenvalue weighted by Gasteiger charge is -2.43. The van der Waals surface area contributed by atoms with Gasteiger partial charge < -0.3 is 5.32 Å². The van der Waals surface area contributed by atoms with E-state index in [2.05, 4.69) is 36.2 Å². The van der Waals surface area contributed by atoms with Gasteiger partial charge in [0.2, 0.25) is 0 Å². The maximum Gasteiger partial charge on any atom is 0.151 e. The van der Waals surface area contributed by atoms with Crippen molar-refractivity contribution in [2.24, 2.45) is 23.8 Å². The van der Waals surface area contributed by atoms with Crippen LogP contribution in [0.5, 0.6) is 0 Å². The van der Waals surface area contributed by atoms with E-state index in [-0.39, 0.29) is 0 Å². The highest BCUT2D eigenvalue weighted by molar-refractivity contribution is 5.12. The molecule has 2 aliphatic rings. The molecule has 106 valence electrons. The third-order valence-electron chi connectivity index (χ3n) is 5.61. The van der Waals surface area contributed by atoms with E-state index < -0.39 is 0 Å². The molecule has 0 radical (unpaired) electrons. The van der Waals surface area contributed by atoms with E-state index in [9.17, 15) is 0 Å². The molecular weight excluding hydrogens is 236 g/mol. The van der Waals surface area contributed by atoms with Gasteiger partial charge in [0.25, 0.3) is 0 Å². The van der Waals surface area contributed by atoms with Crippen molar-refractivity contribution in [2.75, 3.05) is 6.54 Å². The molecule has 19 heavy (non-hydrogen) atoms. The highest BCUT2D eigenvalue weighted by Crippen LogP contribution is 2.62. The van der Waals surface area contributed by atoms with Gasteiger partial charge in [-0.15, -0.1) is 0 Å². The van der Waals surface area contributed by atoms with Gasteiger partial charge in [0.1, 0.15) is 6.33 Å². The molecule has 1 aromatic heterocycles. The average molecular weight is 262 g/mol. The van der Waals surface area contributed by atoms with Gasteiger partial charge in [0.05, 0.1) is 0 Å². The summed E-state index contributed by atoms with van der Waals surface area (Å²) in [6, 6.07) is 0.641. The molecule has 4 nitrogen and oxygen atoms in total. The van der Waals surface area contributed by atoms with Gasteiger partial charge in [-0.2, -0.15) is 5.10 Å². The van der Waals surface area contributed by atoms with Crippen LogP contribution >= 0.6 is 0 Å². The Hall–Kier alpha value is -0.900. The van der Waals surface area contributed by atoms with Crippen LogP contribution in [0.25, 0.3) is 0 Å². The summed E-state index contributed by atoms with van der Waals surface area (Å²) >= 11 is 0. The van der Waals surface area contributed by atoms with Crippen molar-refractivity contribution in [1.82, 2.24) is 20.1 Å². The van der Waals surface area contributed by atoms with Crippen molar-refractivity contribution in [1.29, 1.82) is 0 Å². The van der Waals surface area contributed by atoms with Gasteiger partial charge >= 0.3 is 0 Å². The third-order valence-corrected chi connectivity index (χ3v) is 5.61. The molecule has 2 bridgehead atoms. The van der Waals surface area contributed by atoms with Crippen molar-refractivity contribution < 1.29 is 0 Å². The fourth-order valence-corrected chi connectivity index (χ4v) is 4.64. The van der Waals surface area contributed by atoms with E-state index in [0.717, 1.165) is 24.7 Å². The molecule has 0 saturated heterocycles. The second kappa shape index (κ2) is 4.30. The predicted molar refractivity (Wildman–Crippen MR) is 75.7 cm³/mol. The first kappa shape index (κ1) is 13.1. The normalized spacial score (nSPS) is 36.0.